The Hall–Kier alpha value is -8.50. The van der Waals surface area contributed by atoms with Crippen LogP contribution in [-0.2, 0) is 0 Å². The third-order valence-electron chi connectivity index (χ3n) is 12.7. The maximum Gasteiger partial charge on any atom is 0.0489 e. The predicted octanol–water partition coefficient (Wildman–Crippen LogP) is 17.2. The van der Waals surface area contributed by atoms with Gasteiger partial charge in [0.1, 0.15) is 0 Å². The quantitative estimate of drug-likeness (QED) is 0.140. The van der Waals surface area contributed by atoms with E-state index >= 15 is 0 Å². The van der Waals surface area contributed by atoms with Crippen molar-refractivity contribution in [1.82, 2.24) is 5.32 Å². The summed E-state index contributed by atoms with van der Waals surface area (Å²) in [6, 6.07) is 95.3. The number of para-hydroxylation sites is 1. The Labute approximate surface area is 394 Å². The van der Waals surface area contributed by atoms with Gasteiger partial charge in [0.15, 0.2) is 0 Å². The SMILES string of the molecule is C1=C(c2ccc(-c3ccc(N(c4ccccc4)c4ccc(-c5cccc(-c6ccccc6)c5)cc4)cc3)cc2)[N-]C(c2ccc(-c3ccccc3)cc2)NC1c1ccc(-c2ccccc2)cc1. The monoisotopic (exact) mass is 858 g/mol. The maximum absolute atomic E-state index is 5.34. The first kappa shape index (κ1) is 41.2. The molecule has 0 aromatic heterocycles. The van der Waals surface area contributed by atoms with Gasteiger partial charge in [-0.15, -0.1) is 5.70 Å². The molecular formula is C64H48N3-. The molecule has 10 aromatic carbocycles. The minimum Gasteiger partial charge on any atom is -0.666 e. The largest absolute Gasteiger partial charge is 0.666 e. The second kappa shape index (κ2) is 18.9. The molecule has 0 fully saturated rings. The number of rotatable bonds is 11. The fourth-order valence-electron chi connectivity index (χ4n) is 9.10. The second-order valence-corrected chi connectivity index (χ2v) is 17.0. The summed E-state index contributed by atoms with van der Waals surface area (Å²) >= 11 is 0. The molecule has 1 N–H and O–H groups in total. The summed E-state index contributed by atoms with van der Waals surface area (Å²) in [6.07, 6.45) is 2.05. The molecule has 0 amide bonds. The average Bonchev–Trinajstić information content (AvgIpc) is 3.42. The third-order valence-corrected chi connectivity index (χ3v) is 12.7. The van der Waals surface area contributed by atoms with Crippen molar-refractivity contribution in [2.75, 3.05) is 4.90 Å². The van der Waals surface area contributed by atoms with Gasteiger partial charge in [0.05, 0.1) is 0 Å². The van der Waals surface area contributed by atoms with Crippen LogP contribution < -0.4 is 10.2 Å². The summed E-state index contributed by atoms with van der Waals surface area (Å²) in [5.74, 6) is 0. The number of nitrogens with one attached hydrogen (secondary N) is 1. The molecule has 1 heterocycles. The summed E-state index contributed by atoms with van der Waals surface area (Å²) in [4.78, 5) is 2.32. The van der Waals surface area contributed by atoms with Gasteiger partial charge in [-0.1, -0.05) is 231 Å². The van der Waals surface area contributed by atoms with Crippen molar-refractivity contribution in [3.63, 3.8) is 0 Å². The Morgan fingerprint density at radius 2 is 0.612 bits per heavy atom. The Morgan fingerprint density at radius 3 is 1.09 bits per heavy atom. The highest BCUT2D eigenvalue weighted by molar-refractivity contribution is 5.82. The Bertz CT molecular complexity index is 3220. The van der Waals surface area contributed by atoms with Crippen LogP contribution in [0.25, 0.3) is 66.6 Å². The predicted molar refractivity (Wildman–Crippen MR) is 281 cm³/mol. The van der Waals surface area contributed by atoms with Crippen LogP contribution in [0.2, 0.25) is 0 Å². The molecule has 0 saturated heterocycles. The zero-order chi connectivity index (χ0) is 44.8. The van der Waals surface area contributed by atoms with Gasteiger partial charge in [-0.25, -0.2) is 0 Å². The Kier molecular flexibility index (Phi) is 11.6. The van der Waals surface area contributed by atoms with Crippen LogP contribution >= 0.6 is 0 Å². The van der Waals surface area contributed by atoms with Crippen LogP contribution in [0.5, 0.6) is 0 Å². The van der Waals surface area contributed by atoms with Crippen LogP contribution in [-0.4, -0.2) is 0 Å². The van der Waals surface area contributed by atoms with Crippen LogP contribution in [0, 0.1) is 0 Å². The van der Waals surface area contributed by atoms with Crippen molar-refractivity contribution in [3.05, 3.63) is 295 Å². The molecule has 11 rings (SSSR count). The molecule has 3 heteroatoms. The van der Waals surface area contributed by atoms with E-state index in [9.17, 15) is 0 Å². The van der Waals surface area contributed by atoms with Crippen molar-refractivity contribution >= 4 is 22.8 Å². The smallest absolute Gasteiger partial charge is 0.0489 e. The van der Waals surface area contributed by atoms with Crippen molar-refractivity contribution in [2.45, 2.75) is 12.2 Å². The first-order valence-electron chi connectivity index (χ1n) is 23.0. The van der Waals surface area contributed by atoms with Crippen LogP contribution in [0.3, 0.4) is 0 Å². The van der Waals surface area contributed by atoms with Crippen molar-refractivity contribution < 1.29 is 0 Å². The van der Waals surface area contributed by atoms with Gasteiger partial charge < -0.3 is 15.5 Å². The molecule has 2 unspecified atom stereocenters. The minimum absolute atomic E-state index is 0.0297. The molecule has 0 spiro atoms. The van der Waals surface area contributed by atoms with Crippen LogP contribution in [0.4, 0.5) is 17.1 Å². The van der Waals surface area contributed by atoms with E-state index in [2.05, 4.69) is 283 Å². The van der Waals surface area contributed by atoms with Gasteiger partial charge in [0, 0.05) is 23.1 Å². The summed E-state index contributed by atoms with van der Waals surface area (Å²) in [6.45, 7) is 0. The number of nitrogens with zero attached hydrogens (tertiary/aromatic N) is 2. The molecule has 2 atom stereocenters. The van der Waals surface area contributed by atoms with E-state index in [-0.39, 0.29) is 12.2 Å². The molecule has 1 aliphatic heterocycles. The number of benzene rings is 10. The van der Waals surface area contributed by atoms with Gasteiger partial charge in [0.2, 0.25) is 0 Å². The minimum atomic E-state index is -0.217. The normalized spacial score (nSPS) is 14.4. The topological polar surface area (TPSA) is 29.4 Å². The third kappa shape index (κ3) is 9.10. The fourth-order valence-corrected chi connectivity index (χ4v) is 9.10. The highest BCUT2D eigenvalue weighted by Gasteiger charge is 2.18. The van der Waals surface area contributed by atoms with Crippen molar-refractivity contribution in [3.8, 4) is 55.6 Å². The number of hydrogen-bond donors (Lipinski definition) is 1. The summed E-state index contributed by atoms with van der Waals surface area (Å²) in [5, 5.41) is 9.19. The molecule has 3 nitrogen and oxygen atoms in total. The molecule has 67 heavy (non-hydrogen) atoms. The molecular weight excluding hydrogens is 811 g/mol. The van der Waals surface area contributed by atoms with Gasteiger partial charge in [-0.05, 0) is 121 Å². The molecule has 320 valence electrons. The van der Waals surface area contributed by atoms with E-state index < -0.39 is 0 Å². The Morgan fingerprint density at radius 1 is 0.284 bits per heavy atom. The summed E-state index contributed by atoms with van der Waals surface area (Å²) < 4.78 is 0. The lowest BCUT2D eigenvalue weighted by atomic mass is 9.95. The molecule has 0 radical (unpaired) electrons. The molecule has 0 aliphatic carbocycles. The van der Waals surface area contributed by atoms with E-state index in [4.69, 9.17) is 5.32 Å². The van der Waals surface area contributed by atoms with Gasteiger partial charge in [-0.2, -0.15) is 0 Å². The van der Waals surface area contributed by atoms with E-state index in [0.29, 0.717) is 0 Å². The first-order chi connectivity index (χ1) is 33.2. The standard InChI is InChI=1S/C64H48N3/c1-5-14-46(15-6-1)49-24-30-54(31-25-49)62-45-63(66-64(65-62)56-34-28-50(29-35-56)47-16-7-2-8-17-47)55-32-26-51(27-33-55)52-36-40-60(41-37-52)67(59-22-11-4-12-23-59)61-42-38-53(39-43-61)58-21-13-20-57(44-58)48-18-9-3-10-19-48/h1-45,62,64-65H/q-1. The zero-order valence-corrected chi connectivity index (χ0v) is 37.0. The van der Waals surface area contributed by atoms with Gasteiger partial charge >= 0.3 is 0 Å². The lowest BCUT2D eigenvalue weighted by Crippen LogP contribution is -2.28. The second-order valence-electron chi connectivity index (χ2n) is 17.0. The first-order valence-corrected chi connectivity index (χ1v) is 23.0. The highest BCUT2D eigenvalue weighted by atomic mass is 15.2. The van der Waals surface area contributed by atoms with Crippen molar-refractivity contribution in [2.24, 2.45) is 0 Å². The molecule has 0 bridgehead atoms. The lowest BCUT2D eigenvalue weighted by Gasteiger charge is -2.44. The summed E-state index contributed by atoms with van der Waals surface area (Å²) in [7, 11) is 0. The van der Waals surface area contributed by atoms with E-state index in [1.807, 2.05) is 0 Å². The van der Waals surface area contributed by atoms with Gasteiger partial charge in [-0.3, -0.25) is 0 Å². The lowest BCUT2D eigenvalue weighted by molar-refractivity contribution is 0.541. The molecule has 10 aromatic rings. The summed E-state index contributed by atoms with van der Waals surface area (Å²) in [5.41, 5.74) is 19.6. The number of hydrogen-bond acceptors (Lipinski definition) is 2. The molecule has 0 saturated carbocycles. The van der Waals surface area contributed by atoms with Crippen LogP contribution in [0.1, 0.15) is 28.9 Å². The molecule has 1 aliphatic rings. The van der Waals surface area contributed by atoms with E-state index in [0.717, 1.165) is 45.0 Å². The maximum atomic E-state index is 5.34. The average molecular weight is 859 g/mol. The number of anilines is 3. The Balaban J connectivity index is 0.855. The van der Waals surface area contributed by atoms with Crippen LogP contribution in [0.15, 0.2) is 273 Å². The fraction of sp³-hybridized carbons (Fsp3) is 0.0312. The van der Waals surface area contributed by atoms with Crippen molar-refractivity contribution in [1.29, 1.82) is 0 Å². The van der Waals surface area contributed by atoms with Gasteiger partial charge in [0.25, 0.3) is 0 Å². The van der Waals surface area contributed by atoms with E-state index in [1.54, 1.807) is 0 Å². The zero-order valence-electron chi connectivity index (χ0n) is 37.0. The highest BCUT2D eigenvalue weighted by Crippen LogP contribution is 2.41. The van der Waals surface area contributed by atoms with E-state index in [1.165, 1.54) is 50.1 Å².